The van der Waals surface area contributed by atoms with E-state index in [4.69, 9.17) is 9.47 Å². The molecule has 0 aromatic carbocycles. The lowest BCUT2D eigenvalue weighted by Gasteiger charge is -2.20. The summed E-state index contributed by atoms with van der Waals surface area (Å²) in [6.45, 7) is 4.89. The van der Waals surface area contributed by atoms with Gasteiger partial charge in [-0.15, -0.1) is 0 Å². The van der Waals surface area contributed by atoms with Gasteiger partial charge >= 0.3 is 6.09 Å². The molecule has 1 rings (SSSR count). The monoisotopic (exact) mass is 357 g/mol. The Balaban J connectivity index is 3.30. The summed E-state index contributed by atoms with van der Waals surface area (Å²) in [5, 5.41) is 2.20. The van der Waals surface area contributed by atoms with Crippen molar-refractivity contribution in [3.63, 3.8) is 0 Å². The molecule has 0 saturated carbocycles. The Bertz CT molecular complexity index is 697. The Kier molecular flexibility index (Phi) is 6.43. The second-order valence-electron chi connectivity index (χ2n) is 6.27. The predicted octanol–water partition coefficient (Wildman–Crippen LogP) is 3.13. The highest BCUT2D eigenvalue weighted by atomic mass is 19.1. The van der Waals surface area contributed by atoms with Gasteiger partial charge in [-0.3, -0.25) is 10.1 Å². The number of amides is 1. The summed E-state index contributed by atoms with van der Waals surface area (Å²) in [5.74, 6) is -3.71. The van der Waals surface area contributed by atoms with Gasteiger partial charge in [0.05, 0.1) is 12.8 Å². The highest BCUT2D eigenvalue weighted by Crippen LogP contribution is 2.25. The first kappa shape index (κ1) is 20.3. The molecule has 1 aromatic rings. The molecule has 0 aliphatic carbocycles. The third-order valence-corrected chi connectivity index (χ3v) is 2.58. The molecule has 0 aliphatic rings. The third-order valence-electron chi connectivity index (χ3n) is 2.58. The number of carbonyl (C=O) groups is 2. The number of nitrogens with zero attached hydrogens (tertiary/aromatic N) is 2. The predicted molar refractivity (Wildman–Crippen MR) is 87.8 cm³/mol. The minimum atomic E-state index is -1.14. The summed E-state index contributed by atoms with van der Waals surface area (Å²) >= 11 is 0. The molecule has 0 bridgehead atoms. The molecule has 25 heavy (non-hydrogen) atoms. The number of aromatic nitrogens is 1. The second kappa shape index (κ2) is 7.91. The zero-order chi connectivity index (χ0) is 19.4. The summed E-state index contributed by atoms with van der Waals surface area (Å²) in [4.78, 5) is 29.1. The van der Waals surface area contributed by atoms with Crippen LogP contribution in [0.5, 0.6) is 5.88 Å². The van der Waals surface area contributed by atoms with Crippen LogP contribution in [0, 0.1) is 5.82 Å². The number of carbonyl (C=O) groups excluding carboxylic acids is 2. The van der Waals surface area contributed by atoms with Crippen LogP contribution >= 0.6 is 0 Å². The lowest BCUT2D eigenvalue weighted by molar-refractivity contribution is 0.0635. The smallest absolute Gasteiger partial charge is 0.412 e. The van der Waals surface area contributed by atoms with Crippen molar-refractivity contribution in [2.45, 2.75) is 26.4 Å². The zero-order valence-electron chi connectivity index (χ0n) is 14.9. The van der Waals surface area contributed by atoms with Crippen molar-refractivity contribution in [3.8, 4) is 5.88 Å². The number of pyridine rings is 1. The van der Waals surface area contributed by atoms with E-state index in [0.717, 1.165) is 19.4 Å². The molecular formula is C16H21F2N3O4. The number of allylic oxidation sites excluding steroid dienone is 1. The molecule has 138 valence electrons. The maximum Gasteiger partial charge on any atom is 0.412 e. The number of halogens is 2. The van der Waals surface area contributed by atoms with E-state index in [0.29, 0.717) is 0 Å². The fraction of sp³-hybridized carbons (Fsp3) is 0.438. The Labute approximate surface area is 144 Å². The Morgan fingerprint density at radius 3 is 2.40 bits per heavy atom. The number of Topliss-reactive ketones (excluding diaryl/α,β-unsaturated/α-hetero) is 1. The van der Waals surface area contributed by atoms with E-state index in [1.54, 1.807) is 20.8 Å². The first-order valence-electron chi connectivity index (χ1n) is 7.27. The summed E-state index contributed by atoms with van der Waals surface area (Å²) in [7, 11) is 4.18. The van der Waals surface area contributed by atoms with Gasteiger partial charge in [0.15, 0.2) is 11.6 Å². The molecule has 1 aromatic heterocycles. The van der Waals surface area contributed by atoms with E-state index in [1.165, 1.54) is 19.0 Å². The molecule has 1 amide bonds. The normalized spacial score (nSPS) is 11.8. The van der Waals surface area contributed by atoms with Crippen molar-refractivity contribution in [2.24, 2.45) is 0 Å². The van der Waals surface area contributed by atoms with Crippen LogP contribution in [0.3, 0.4) is 0 Å². The molecule has 0 radical (unpaired) electrons. The Morgan fingerprint density at radius 1 is 1.32 bits per heavy atom. The summed E-state index contributed by atoms with van der Waals surface area (Å²) < 4.78 is 37.6. The molecule has 9 heteroatoms. The lowest BCUT2D eigenvalue weighted by Crippen LogP contribution is -2.28. The minimum Gasteiger partial charge on any atom is -0.479 e. The topological polar surface area (TPSA) is 80.8 Å². The molecular weight excluding hydrogens is 336 g/mol. The standard InChI is InChI=1S/C16H21F2N3O4/c1-16(2,3)25-15(23)19-11-7-9(17)14(24-6)20-12(11)13(22)10(18)8-21(4)5/h7-8H,1-6H3,(H,19,23). The van der Waals surface area contributed by atoms with Crippen molar-refractivity contribution in [1.82, 2.24) is 9.88 Å². The zero-order valence-corrected chi connectivity index (χ0v) is 14.9. The van der Waals surface area contributed by atoms with Gasteiger partial charge in [-0.05, 0) is 20.8 Å². The molecule has 7 nitrogen and oxygen atoms in total. The van der Waals surface area contributed by atoms with Crippen LogP contribution in [0.4, 0.5) is 19.3 Å². The number of nitrogens with one attached hydrogen (secondary N) is 1. The summed E-state index contributed by atoms with van der Waals surface area (Å²) in [5.41, 5.74) is -1.66. The van der Waals surface area contributed by atoms with E-state index < -0.39 is 40.7 Å². The van der Waals surface area contributed by atoms with Gasteiger partial charge in [-0.2, -0.15) is 0 Å². The Morgan fingerprint density at radius 2 is 1.92 bits per heavy atom. The highest BCUT2D eigenvalue weighted by molar-refractivity contribution is 6.10. The average molecular weight is 357 g/mol. The van der Waals surface area contributed by atoms with Gasteiger partial charge in [0.25, 0.3) is 5.88 Å². The number of rotatable bonds is 5. The van der Waals surface area contributed by atoms with Crippen LogP contribution in [0.2, 0.25) is 0 Å². The Hall–Kier alpha value is -2.71. The van der Waals surface area contributed by atoms with E-state index in [1.807, 2.05) is 0 Å². The molecule has 1 heterocycles. The van der Waals surface area contributed by atoms with Gasteiger partial charge in [-0.25, -0.2) is 18.6 Å². The quantitative estimate of drug-likeness (QED) is 0.644. The molecule has 0 aliphatic heterocycles. The van der Waals surface area contributed by atoms with E-state index in [2.05, 4.69) is 10.3 Å². The van der Waals surface area contributed by atoms with Crippen LogP contribution < -0.4 is 10.1 Å². The molecule has 0 spiro atoms. The molecule has 0 fully saturated rings. The molecule has 0 unspecified atom stereocenters. The molecule has 0 saturated heterocycles. The largest absolute Gasteiger partial charge is 0.479 e. The van der Waals surface area contributed by atoms with Gasteiger partial charge in [0.2, 0.25) is 5.78 Å². The van der Waals surface area contributed by atoms with E-state index >= 15 is 0 Å². The number of hydrogen-bond donors (Lipinski definition) is 1. The van der Waals surface area contributed by atoms with Crippen LogP contribution in [0.25, 0.3) is 0 Å². The van der Waals surface area contributed by atoms with E-state index in [9.17, 15) is 18.4 Å². The lowest BCUT2D eigenvalue weighted by atomic mass is 10.2. The second-order valence-corrected chi connectivity index (χ2v) is 6.27. The number of methoxy groups -OCH3 is 1. The first-order valence-corrected chi connectivity index (χ1v) is 7.27. The maximum absolute atomic E-state index is 14.0. The van der Waals surface area contributed by atoms with Gasteiger partial charge in [0, 0.05) is 26.4 Å². The van der Waals surface area contributed by atoms with E-state index in [-0.39, 0.29) is 5.69 Å². The van der Waals surface area contributed by atoms with Crippen molar-refractivity contribution in [2.75, 3.05) is 26.5 Å². The van der Waals surface area contributed by atoms with Crippen molar-refractivity contribution >= 4 is 17.6 Å². The van der Waals surface area contributed by atoms with Crippen LogP contribution in [-0.2, 0) is 4.74 Å². The third kappa shape index (κ3) is 6.02. The van der Waals surface area contributed by atoms with Crippen LogP contribution in [0.1, 0.15) is 31.3 Å². The minimum absolute atomic E-state index is 0.333. The number of ether oxygens (including phenoxy) is 2. The van der Waals surface area contributed by atoms with Crippen molar-refractivity contribution in [3.05, 3.63) is 29.6 Å². The molecule has 0 atom stereocenters. The van der Waals surface area contributed by atoms with Crippen molar-refractivity contribution < 1.29 is 27.8 Å². The summed E-state index contributed by atoms with van der Waals surface area (Å²) in [6.07, 6.45) is -0.0122. The van der Waals surface area contributed by atoms with Gasteiger partial charge in [0.1, 0.15) is 11.3 Å². The number of anilines is 1. The summed E-state index contributed by atoms with van der Waals surface area (Å²) in [6, 6.07) is 0.811. The van der Waals surface area contributed by atoms with Gasteiger partial charge in [-0.1, -0.05) is 0 Å². The fourth-order valence-electron chi connectivity index (χ4n) is 1.70. The van der Waals surface area contributed by atoms with Crippen LogP contribution in [-0.4, -0.2) is 48.6 Å². The highest BCUT2D eigenvalue weighted by Gasteiger charge is 2.25. The SMILES string of the molecule is COc1nc(C(=O)C(F)=CN(C)C)c(NC(=O)OC(C)(C)C)cc1F. The van der Waals surface area contributed by atoms with Crippen LogP contribution in [0.15, 0.2) is 18.1 Å². The van der Waals surface area contributed by atoms with Crippen molar-refractivity contribution in [1.29, 1.82) is 0 Å². The fourth-order valence-corrected chi connectivity index (χ4v) is 1.70. The van der Waals surface area contributed by atoms with Gasteiger partial charge < -0.3 is 14.4 Å². The maximum atomic E-state index is 14.0. The number of ketones is 1. The average Bonchev–Trinajstić information content (AvgIpc) is 2.44. The first-order chi connectivity index (χ1) is 11.4. The molecule has 1 N–H and O–H groups in total. The number of hydrogen-bond acceptors (Lipinski definition) is 6.